The highest BCUT2D eigenvalue weighted by Crippen LogP contribution is 2.19. The van der Waals surface area contributed by atoms with E-state index in [0.717, 1.165) is 5.56 Å². The second-order valence-corrected chi connectivity index (χ2v) is 3.91. The number of anilines is 1. The fraction of sp³-hybridized carbons (Fsp3) is 0.182. The predicted octanol–water partition coefficient (Wildman–Crippen LogP) is 2.23. The first-order valence-corrected chi connectivity index (χ1v) is 5.19. The summed E-state index contributed by atoms with van der Waals surface area (Å²) >= 11 is 5.78. The first kappa shape index (κ1) is 10.8. The highest BCUT2D eigenvalue weighted by Gasteiger charge is 2.05. The van der Waals surface area contributed by atoms with E-state index in [-0.39, 0.29) is 0 Å². The molecule has 2 N–H and O–H groups in total. The summed E-state index contributed by atoms with van der Waals surface area (Å²) in [4.78, 5) is 0. The number of aryl methyl sites for hydroxylation is 1. The van der Waals surface area contributed by atoms with Gasteiger partial charge in [0, 0.05) is 12.1 Å². The largest absolute Gasteiger partial charge is 0.470 e. The van der Waals surface area contributed by atoms with Crippen molar-refractivity contribution in [3.63, 3.8) is 0 Å². The molecule has 5 heteroatoms. The lowest BCUT2D eigenvalue weighted by Crippen LogP contribution is -1.98. The Labute approximate surface area is 98.6 Å². The van der Waals surface area contributed by atoms with E-state index in [9.17, 15) is 0 Å². The smallest absolute Gasteiger partial charge is 0.256 e. The van der Waals surface area contributed by atoms with Crippen LogP contribution in [0.4, 0.5) is 5.69 Å². The molecule has 0 aliphatic carbocycles. The molecule has 0 fully saturated rings. The molecule has 4 nitrogen and oxygen atoms in total. The molecule has 1 heterocycles. The van der Waals surface area contributed by atoms with Crippen molar-refractivity contribution >= 4 is 17.3 Å². The molecule has 84 valence electrons. The quantitative estimate of drug-likeness (QED) is 0.891. The zero-order chi connectivity index (χ0) is 11.5. The van der Waals surface area contributed by atoms with Crippen molar-refractivity contribution in [1.29, 1.82) is 0 Å². The second kappa shape index (κ2) is 4.45. The Morgan fingerprint density at radius 3 is 2.62 bits per heavy atom. The van der Waals surface area contributed by atoms with Gasteiger partial charge in [-0.05, 0) is 17.7 Å². The van der Waals surface area contributed by atoms with Crippen LogP contribution >= 0.6 is 11.6 Å². The molecule has 0 saturated heterocycles. The van der Waals surface area contributed by atoms with E-state index in [1.807, 2.05) is 24.3 Å². The second-order valence-electron chi connectivity index (χ2n) is 3.48. The summed E-state index contributed by atoms with van der Waals surface area (Å²) in [6, 6.07) is 7.45. The molecule has 0 aliphatic rings. The van der Waals surface area contributed by atoms with Crippen molar-refractivity contribution in [1.82, 2.24) is 9.78 Å². The SMILES string of the molecule is Cn1cc(N)c(OCc2ccc(Cl)cc2)n1. The number of hydrogen-bond donors (Lipinski definition) is 1. The van der Waals surface area contributed by atoms with Crippen LogP contribution in [-0.2, 0) is 13.7 Å². The molecule has 1 aromatic heterocycles. The van der Waals surface area contributed by atoms with E-state index in [0.29, 0.717) is 23.2 Å². The molecule has 0 atom stereocenters. The number of nitrogens with two attached hydrogens (primary N) is 1. The lowest BCUT2D eigenvalue weighted by atomic mass is 10.2. The summed E-state index contributed by atoms with van der Waals surface area (Å²) in [5.74, 6) is 0.456. The minimum Gasteiger partial charge on any atom is -0.470 e. The Hall–Kier alpha value is -1.68. The lowest BCUT2D eigenvalue weighted by molar-refractivity contribution is 0.292. The maximum Gasteiger partial charge on any atom is 0.256 e. The average Bonchev–Trinajstić information content (AvgIpc) is 2.57. The molecule has 0 saturated carbocycles. The van der Waals surface area contributed by atoms with Crippen LogP contribution in [0.25, 0.3) is 0 Å². The van der Waals surface area contributed by atoms with E-state index >= 15 is 0 Å². The third kappa shape index (κ3) is 2.46. The Balaban J connectivity index is 2.02. The fourth-order valence-electron chi connectivity index (χ4n) is 1.33. The zero-order valence-electron chi connectivity index (χ0n) is 8.85. The Morgan fingerprint density at radius 1 is 1.38 bits per heavy atom. The van der Waals surface area contributed by atoms with Crippen molar-refractivity contribution in [2.75, 3.05) is 5.73 Å². The summed E-state index contributed by atoms with van der Waals surface area (Å²) in [5, 5.41) is 4.80. The number of rotatable bonds is 3. The fourth-order valence-corrected chi connectivity index (χ4v) is 1.46. The topological polar surface area (TPSA) is 53.1 Å². The first-order chi connectivity index (χ1) is 7.65. The molecular weight excluding hydrogens is 226 g/mol. The summed E-state index contributed by atoms with van der Waals surface area (Å²) in [6.45, 7) is 0.429. The predicted molar refractivity (Wildman–Crippen MR) is 63.4 cm³/mol. The normalized spacial score (nSPS) is 10.4. The van der Waals surface area contributed by atoms with E-state index in [4.69, 9.17) is 22.1 Å². The molecule has 1 aromatic carbocycles. The Kier molecular flexibility index (Phi) is 3.01. The molecule has 16 heavy (non-hydrogen) atoms. The average molecular weight is 238 g/mol. The Morgan fingerprint density at radius 2 is 2.06 bits per heavy atom. The third-order valence-electron chi connectivity index (χ3n) is 2.11. The van der Waals surface area contributed by atoms with Crippen molar-refractivity contribution in [2.45, 2.75) is 6.61 Å². The van der Waals surface area contributed by atoms with E-state index < -0.39 is 0 Å². The maximum atomic E-state index is 5.78. The van der Waals surface area contributed by atoms with Gasteiger partial charge in [-0.15, -0.1) is 5.10 Å². The number of nitrogens with zero attached hydrogens (tertiary/aromatic N) is 2. The Bertz CT molecular complexity index is 478. The number of aromatic nitrogens is 2. The van der Waals surface area contributed by atoms with Crippen LogP contribution < -0.4 is 10.5 Å². The molecule has 0 amide bonds. The van der Waals surface area contributed by atoms with Crippen molar-refractivity contribution in [3.05, 3.63) is 41.0 Å². The number of halogens is 1. The van der Waals surface area contributed by atoms with E-state index in [1.54, 1.807) is 17.9 Å². The van der Waals surface area contributed by atoms with E-state index in [2.05, 4.69) is 5.10 Å². The number of ether oxygens (including phenoxy) is 1. The molecule has 0 radical (unpaired) electrons. The molecular formula is C11H12ClN3O. The molecule has 0 aliphatic heterocycles. The van der Waals surface area contributed by atoms with Crippen LogP contribution in [0.5, 0.6) is 5.88 Å². The number of benzene rings is 1. The van der Waals surface area contributed by atoms with Crippen LogP contribution in [0.15, 0.2) is 30.5 Å². The molecule has 2 rings (SSSR count). The first-order valence-electron chi connectivity index (χ1n) is 4.81. The van der Waals surface area contributed by atoms with Gasteiger partial charge < -0.3 is 10.5 Å². The summed E-state index contributed by atoms with van der Waals surface area (Å²) in [7, 11) is 1.80. The van der Waals surface area contributed by atoms with Crippen molar-refractivity contribution < 1.29 is 4.74 Å². The molecule has 0 spiro atoms. The maximum absolute atomic E-state index is 5.78. The minimum absolute atomic E-state index is 0.429. The van der Waals surface area contributed by atoms with Gasteiger partial charge in [0.05, 0.1) is 6.20 Å². The number of hydrogen-bond acceptors (Lipinski definition) is 3. The van der Waals surface area contributed by atoms with Gasteiger partial charge in [-0.1, -0.05) is 23.7 Å². The highest BCUT2D eigenvalue weighted by atomic mass is 35.5. The summed E-state index contributed by atoms with van der Waals surface area (Å²) < 4.78 is 7.10. The third-order valence-corrected chi connectivity index (χ3v) is 2.36. The van der Waals surface area contributed by atoms with Crippen molar-refractivity contribution in [2.24, 2.45) is 7.05 Å². The monoisotopic (exact) mass is 237 g/mol. The summed E-state index contributed by atoms with van der Waals surface area (Å²) in [6.07, 6.45) is 1.71. The summed E-state index contributed by atoms with van der Waals surface area (Å²) in [5.41, 5.74) is 7.26. The minimum atomic E-state index is 0.429. The van der Waals surface area contributed by atoms with Gasteiger partial charge in [0.15, 0.2) is 0 Å². The van der Waals surface area contributed by atoms with Gasteiger partial charge in [0.2, 0.25) is 0 Å². The van der Waals surface area contributed by atoms with Gasteiger partial charge in [-0.3, -0.25) is 4.68 Å². The van der Waals surface area contributed by atoms with Crippen LogP contribution in [0, 0.1) is 0 Å². The van der Waals surface area contributed by atoms with E-state index in [1.165, 1.54) is 0 Å². The van der Waals surface area contributed by atoms with Gasteiger partial charge in [0.25, 0.3) is 5.88 Å². The van der Waals surface area contributed by atoms with Gasteiger partial charge >= 0.3 is 0 Å². The van der Waals surface area contributed by atoms with Crippen molar-refractivity contribution in [3.8, 4) is 5.88 Å². The zero-order valence-corrected chi connectivity index (χ0v) is 9.61. The van der Waals surface area contributed by atoms with Gasteiger partial charge in [-0.25, -0.2) is 0 Å². The van der Waals surface area contributed by atoms with Crippen LogP contribution in [0.3, 0.4) is 0 Å². The van der Waals surface area contributed by atoms with Gasteiger partial charge in [-0.2, -0.15) is 0 Å². The van der Waals surface area contributed by atoms with Crippen LogP contribution in [-0.4, -0.2) is 9.78 Å². The standard InChI is InChI=1S/C11H12ClN3O/c1-15-6-10(13)11(14-15)16-7-8-2-4-9(12)5-3-8/h2-6H,7,13H2,1H3. The van der Waals surface area contributed by atoms with Crippen LogP contribution in [0.1, 0.15) is 5.56 Å². The molecule has 2 aromatic rings. The number of nitrogen functional groups attached to an aromatic ring is 1. The molecule has 0 bridgehead atoms. The van der Waals surface area contributed by atoms with Crippen LogP contribution in [0.2, 0.25) is 5.02 Å². The van der Waals surface area contributed by atoms with Gasteiger partial charge in [0.1, 0.15) is 12.3 Å². The lowest BCUT2D eigenvalue weighted by Gasteiger charge is -2.03. The highest BCUT2D eigenvalue weighted by molar-refractivity contribution is 6.30. The molecule has 0 unspecified atom stereocenters.